The first-order valence-corrected chi connectivity index (χ1v) is 7.91. The second kappa shape index (κ2) is 7.54. The van der Waals surface area contributed by atoms with E-state index in [4.69, 9.17) is 4.74 Å². The lowest BCUT2D eigenvalue weighted by atomic mass is 10.2. The van der Waals surface area contributed by atoms with Gasteiger partial charge in [0, 0.05) is 17.5 Å². The average Bonchev–Trinajstić information content (AvgIpc) is 2.82. The number of aryl methyl sites for hydroxylation is 2. The highest BCUT2D eigenvalue weighted by atomic mass is 32.1. The quantitative estimate of drug-likeness (QED) is 0.826. The van der Waals surface area contributed by atoms with Gasteiger partial charge in [0.15, 0.2) is 0 Å². The first-order valence-electron chi connectivity index (χ1n) is 7.09. The van der Waals surface area contributed by atoms with Crippen LogP contribution < -0.4 is 10.1 Å². The topological polar surface area (TPSA) is 54.4 Å². The van der Waals surface area contributed by atoms with E-state index in [0.717, 1.165) is 16.5 Å². The maximum Gasteiger partial charge on any atom is 0.119 e. The Bertz CT molecular complexity index is 557. The molecule has 1 aromatic heterocycles. The van der Waals surface area contributed by atoms with Crippen molar-refractivity contribution < 1.29 is 9.84 Å². The molecule has 1 heterocycles. The number of nitrogens with zero attached hydrogens (tertiary/aromatic N) is 1. The van der Waals surface area contributed by atoms with E-state index < -0.39 is 6.10 Å². The Morgan fingerprint density at radius 3 is 2.62 bits per heavy atom. The fourth-order valence-corrected chi connectivity index (χ4v) is 3.08. The van der Waals surface area contributed by atoms with Crippen LogP contribution in [0.5, 0.6) is 5.75 Å². The predicted molar refractivity (Wildman–Crippen MR) is 85.9 cm³/mol. The van der Waals surface area contributed by atoms with Crippen molar-refractivity contribution in [3.8, 4) is 5.75 Å². The van der Waals surface area contributed by atoms with Crippen molar-refractivity contribution in [2.45, 2.75) is 32.9 Å². The zero-order chi connectivity index (χ0) is 15.2. The first kappa shape index (κ1) is 15.9. The lowest BCUT2D eigenvalue weighted by Crippen LogP contribution is -2.33. The van der Waals surface area contributed by atoms with Crippen LogP contribution in [0.4, 0.5) is 0 Å². The average molecular weight is 306 g/mol. The van der Waals surface area contributed by atoms with Crippen LogP contribution in [-0.4, -0.2) is 29.3 Å². The Kier molecular flexibility index (Phi) is 5.73. The van der Waals surface area contributed by atoms with Gasteiger partial charge in [0.05, 0.1) is 10.7 Å². The van der Waals surface area contributed by atoms with E-state index in [1.54, 1.807) is 11.3 Å². The van der Waals surface area contributed by atoms with Gasteiger partial charge in [-0.05, 0) is 32.9 Å². The summed E-state index contributed by atoms with van der Waals surface area (Å²) in [6, 6.07) is 9.71. The van der Waals surface area contributed by atoms with E-state index in [2.05, 4.69) is 17.2 Å². The van der Waals surface area contributed by atoms with Crippen LogP contribution in [0.3, 0.4) is 0 Å². The third-order valence-corrected chi connectivity index (χ3v) is 4.43. The Labute approximate surface area is 129 Å². The summed E-state index contributed by atoms with van der Waals surface area (Å²) in [5.41, 5.74) is 1.06. The minimum absolute atomic E-state index is 0.183. The molecule has 0 bridgehead atoms. The molecular weight excluding hydrogens is 284 g/mol. The predicted octanol–water partition coefficient (Wildman–Crippen LogP) is 2.85. The lowest BCUT2D eigenvalue weighted by molar-refractivity contribution is 0.104. The number of hydrogen-bond acceptors (Lipinski definition) is 5. The number of aromatic nitrogens is 1. The molecule has 2 aromatic rings. The highest BCUT2D eigenvalue weighted by Crippen LogP contribution is 2.24. The van der Waals surface area contributed by atoms with E-state index in [-0.39, 0.29) is 12.6 Å². The van der Waals surface area contributed by atoms with Crippen LogP contribution in [0, 0.1) is 13.8 Å². The second-order valence-corrected chi connectivity index (χ2v) is 6.33. The molecule has 0 saturated carbocycles. The van der Waals surface area contributed by atoms with Gasteiger partial charge in [0.2, 0.25) is 0 Å². The van der Waals surface area contributed by atoms with Gasteiger partial charge in [-0.15, -0.1) is 11.3 Å². The molecule has 2 unspecified atom stereocenters. The molecule has 0 aliphatic rings. The number of aliphatic hydroxyl groups is 1. The summed E-state index contributed by atoms with van der Waals surface area (Å²) < 4.78 is 5.53. The minimum atomic E-state index is -0.540. The SMILES string of the molecule is Cc1nc(C)c(C(C)NCC(O)COc2ccccc2)s1. The van der Waals surface area contributed by atoms with Gasteiger partial charge in [-0.2, -0.15) is 0 Å². The Morgan fingerprint density at radius 2 is 2.00 bits per heavy atom. The number of para-hydroxylation sites is 1. The minimum Gasteiger partial charge on any atom is -0.491 e. The fourth-order valence-electron chi connectivity index (χ4n) is 2.12. The zero-order valence-electron chi connectivity index (χ0n) is 12.7. The van der Waals surface area contributed by atoms with Gasteiger partial charge in [0.25, 0.3) is 0 Å². The Morgan fingerprint density at radius 1 is 1.29 bits per heavy atom. The van der Waals surface area contributed by atoms with Crippen LogP contribution >= 0.6 is 11.3 Å². The molecule has 0 amide bonds. The van der Waals surface area contributed by atoms with Crippen LogP contribution in [0.25, 0.3) is 0 Å². The van der Waals surface area contributed by atoms with Gasteiger partial charge >= 0.3 is 0 Å². The summed E-state index contributed by atoms with van der Waals surface area (Å²) in [4.78, 5) is 5.65. The molecule has 1 aromatic carbocycles. The number of ether oxygens (including phenoxy) is 1. The van der Waals surface area contributed by atoms with E-state index in [1.165, 1.54) is 4.88 Å². The summed E-state index contributed by atoms with van der Waals surface area (Å²) >= 11 is 1.70. The smallest absolute Gasteiger partial charge is 0.119 e. The Hall–Kier alpha value is -1.43. The standard InChI is InChI=1S/C16H22N2O2S/c1-11(16-12(2)18-13(3)21-16)17-9-14(19)10-20-15-7-5-4-6-8-15/h4-8,11,14,17,19H,9-10H2,1-3H3. The van der Waals surface area contributed by atoms with E-state index in [0.29, 0.717) is 6.54 Å². The zero-order valence-corrected chi connectivity index (χ0v) is 13.5. The van der Waals surface area contributed by atoms with Crippen LogP contribution in [-0.2, 0) is 0 Å². The molecular formula is C16H22N2O2S. The molecule has 21 heavy (non-hydrogen) atoms. The van der Waals surface area contributed by atoms with Crippen molar-refractivity contribution >= 4 is 11.3 Å². The molecule has 4 nitrogen and oxygen atoms in total. The van der Waals surface area contributed by atoms with E-state index in [1.807, 2.05) is 44.2 Å². The van der Waals surface area contributed by atoms with Gasteiger partial charge in [-0.25, -0.2) is 4.98 Å². The van der Waals surface area contributed by atoms with Crippen molar-refractivity contribution in [1.82, 2.24) is 10.3 Å². The van der Waals surface area contributed by atoms with Crippen molar-refractivity contribution in [2.24, 2.45) is 0 Å². The fraction of sp³-hybridized carbons (Fsp3) is 0.438. The molecule has 2 N–H and O–H groups in total. The number of rotatable bonds is 7. The molecule has 2 rings (SSSR count). The van der Waals surface area contributed by atoms with Gasteiger partial charge in [-0.3, -0.25) is 0 Å². The van der Waals surface area contributed by atoms with Crippen LogP contribution in [0.1, 0.15) is 28.5 Å². The molecule has 0 aliphatic carbocycles. The van der Waals surface area contributed by atoms with Crippen molar-refractivity contribution in [2.75, 3.05) is 13.2 Å². The van der Waals surface area contributed by atoms with E-state index in [9.17, 15) is 5.11 Å². The second-order valence-electron chi connectivity index (χ2n) is 5.09. The summed E-state index contributed by atoms with van der Waals surface area (Å²) in [5, 5.41) is 14.4. The summed E-state index contributed by atoms with van der Waals surface area (Å²) in [7, 11) is 0. The van der Waals surface area contributed by atoms with Crippen molar-refractivity contribution in [3.63, 3.8) is 0 Å². The lowest BCUT2D eigenvalue weighted by Gasteiger charge is -2.17. The van der Waals surface area contributed by atoms with Gasteiger partial charge < -0.3 is 15.2 Å². The normalized spacial score (nSPS) is 13.9. The maximum atomic E-state index is 9.98. The maximum absolute atomic E-state index is 9.98. The number of nitrogens with one attached hydrogen (secondary N) is 1. The summed E-state index contributed by atoms with van der Waals surface area (Å²) in [6.45, 7) is 6.89. The third kappa shape index (κ3) is 4.81. The molecule has 0 radical (unpaired) electrons. The van der Waals surface area contributed by atoms with Gasteiger partial charge in [-0.1, -0.05) is 18.2 Å². The monoisotopic (exact) mass is 306 g/mol. The Balaban J connectivity index is 1.76. The van der Waals surface area contributed by atoms with Gasteiger partial charge in [0.1, 0.15) is 18.5 Å². The number of aliphatic hydroxyl groups excluding tert-OH is 1. The summed E-state index contributed by atoms with van der Waals surface area (Å²) in [5.74, 6) is 0.776. The molecule has 0 fully saturated rings. The van der Waals surface area contributed by atoms with E-state index >= 15 is 0 Å². The van der Waals surface area contributed by atoms with Crippen molar-refractivity contribution in [3.05, 3.63) is 45.9 Å². The largest absolute Gasteiger partial charge is 0.491 e. The number of hydrogen-bond donors (Lipinski definition) is 2. The third-order valence-electron chi connectivity index (χ3n) is 3.18. The number of thiazole rings is 1. The highest BCUT2D eigenvalue weighted by Gasteiger charge is 2.14. The molecule has 0 saturated heterocycles. The molecule has 0 aliphatic heterocycles. The first-order chi connectivity index (χ1) is 10.1. The van der Waals surface area contributed by atoms with Crippen LogP contribution in [0.2, 0.25) is 0 Å². The molecule has 2 atom stereocenters. The van der Waals surface area contributed by atoms with Crippen molar-refractivity contribution in [1.29, 1.82) is 0 Å². The highest BCUT2D eigenvalue weighted by molar-refractivity contribution is 7.11. The molecule has 114 valence electrons. The molecule has 5 heteroatoms. The number of benzene rings is 1. The van der Waals surface area contributed by atoms with Crippen LogP contribution in [0.15, 0.2) is 30.3 Å². The summed E-state index contributed by atoms with van der Waals surface area (Å²) in [6.07, 6.45) is -0.540. The molecule has 0 spiro atoms.